The van der Waals surface area contributed by atoms with Crippen LogP contribution in [0.4, 0.5) is 0 Å². The number of carboxylic acids is 1. The largest absolute Gasteiger partial charge is 0.476 e. The van der Waals surface area contributed by atoms with Crippen molar-refractivity contribution in [1.29, 1.82) is 0 Å². The number of halogens is 1. The third-order valence-corrected chi connectivity index (χ3v) is 3.72. The van der Waals surface area contributed by atoms with E-state index in [2.05, 4.69) is 5.10 Å². The van der Waals surface area contributed by atoms with E-state index >= 15 is 0 Å². The van der Waals surface area contributed by atoms with Crippen molar-refractivity contribution >= 4 is 17.6 Å². The first-order valence-electron chi connectivity index (χ1n) is 6.03. The Hall–Kier alpha value is -1.03. The smallest absolute Gasteiger partial charge is 0.356 e. The Kier molecular flexibility index (Phi) is 3.43. The molecule has 1 aromatic heterocycles. The van der Waals surface area contributed by atoms with Gasteiger partial charge in [-0.3, -0.25) is 4.68 Å². The van der Waals surface area contributed by atoms with E-state index in [-0.39, 0.29) is 17.7 Å². The van der Waals surface area contributed by atoms with Crippen LogP contribution >= 0.6 is 11.6 Å². The van der Waals surface area contributed by atoms with E-state index in [1.165, 1.54) is 0 Å². The number of nitrogens with zero attached hydrogens (tertiary/aromatic N) is 2. The third-order valence-electron chi connectivity index (χ3n) is 3.34. The van der Waals surface area contributed by atoms with Gasteiger partial charge in [0, 0.05) is 11.6 Å². The average Bonchev–Trinajstić information content (AvgIpc) is 2.83. The highest BCUT2D eigenvalue weighted by Crippen LogP contribution is 2.40. The van der Waals surface area contributed by atoms with Crippen LogP contribution in [0.3, 0.4) is 0 Å². The van der Waals surface area contributed by atoms with E-state index in [0.29, 0.717) is 5.15 Å². The summed E-state index contributed by atoms with van der Waals surface area (Å²) >= 11 is 6.29. The summed E-state index contributed by atoms with van der Waals surface area (Å²) in [6.45, 7) is 3.89. The molecule has 0 atom stereocenters. The Morgan fingerprint density at radius 3 is 2.53 bits per heavy atom. The van der Waals surface area contributed by atoms with Crippen molar-refractivity contribution in [3.8, 4) is 0 Å². The zero-order chi connectivity index (χ0) is 12.6. The molecule has 5 heteroatoms. The lowest BCUT2D eigenvalue weighted by atomic mass is 9.98. The predicted octanol–water partition coefficient (Wildman–Crippen LogP) is 3.47. The molecule has 0 amide bonds. The molecule has 0 aromatic carbocycles. The zero-order valence-corrected chi connectivity index (χ0v) is 10.9. The summed E-state index contributed by atoms with van der Waals surface area (Å²) in [6.07, 6.45) is 4.33. The van der Waals surface area contributed by atoms with Gasteiger partial charge in [-0.15, -0.1) is 0 Å². The third kappa shape index (κ3) is 2.18. The Balaban J connectivity index is 2.50. The molecule has 17 heavy (non-hydrogen) atoms. The highest BCUT2D eigenvalue weighted by atomic mass is 35.5. The summed E-state index contributed by atoms with van der Waals surface area (Å²) in [7, 11) is 0. The lowest BCUT2D eigenvalue weighted by molar-refractivity contribution is 0.0687. The highest BCUT2D eigenvalue weighted by Gasteiger charge is 2.30. The maximum atomic E-state index is 11.2. The van der Waals surface area contributed by atoms with E-state index in [1.54, 1.807) is 4.68 Å². The van der Waals surface area contributed by atoms with Gasteiger partial charge in [0.05, 0.1) is 0 Å². The molecular weight excluding hydrogens is 240 g/mol. The van der Waals surface area contributed by atoms with Gasteiger partial charge in [0.15, 0.2) is 5.69 Å². The molecule has 0 radical (unpaired) electrons. The van der Waals surface area contributed by atoms with Crippen LogP contribution in [0.2, 0.25) is 5.15 Å². The maximum Gasteiger partial charge on any atom is 0.356 e. The molecule has 4 nitrogen and oxygen atoms in total. The van der Waals surface area contributed by atoms with Gasteiger partial charge in [0.1, 0.15) is 5.15 Å². The Morgan fingerprint density at radius 2 is 2.06 bits per heavy atom. The van der Waals surface area contributed by atoms with Crippen LogP contribution in [0.1, 0.15) is 67.5 Å². The van der Waals surface area contributed by atoms with E-state index in [9.17, 15) is 9.90 Å². The molecule has 1 saturated carbocycles. The topological polar surface area (TPSA) is 55.1 Å². The van der Waals surface area contributed by atoms with Crippen LogP contribution in [0.5, 0.6) is 0 Å². The Labute approximate surface area is 106 Å². The normalized spacial score (nSPS) is 16.9. The number of aromatic carboxylic acids is 1. The predicted molar refractivity (Wildman–Crippen MR) is 65.8 cm³/mol. The molecule has 94 valence electrons. The van der Waals surface area contributed by atoms with Crippen LogP contribution in [-0.4, -0.2) is 20.9 Å². The van der Waals surface area contributed by atoms with Gasteiger partial charge in [-0.1, -0.05) is 24.4 Å². The number of hydrogen-bond acceptors (Lipinski definition) is 2. The quantitative estimate of drug-likeness (QED) is 0.901. The molecule has 1 aliphatic rings. The first-order chi connectivity index (χ1) is 8.02. The summed E-state index contributed by atoms with van der Waals surface area (Å²) < 4.78 is 1.61. The van der Waals surface area contributed by atoms with Crippen LogP contribution in [-0.2, 0) is 0 Å². The maximum absolute atomic E-state index is 11.2. The van der Waals surface area contributed by atoms with Crippen molar-refractivity contribution in [3.05, 3.63) is 16.4 Å². The van der Waals surface area contributed by atoms with Crippen molar-refractivity contribution in [2.75, 3.05) is 0 Å². The molecular formula is C12H17ClN2O2. The molecule has 0 aliphatic heterocycles. The molecule has 1 aliphatic carbocycles. The monoisotopic (exact) mass is 256 g/mol. The molecule has 1 fully saturated rings. The van der Waals surface area contributed by atoms with Crippen molar-refractivity contribution < 1.29 is 9.90 Å². The summed E-state index contributed by atoms with van der Waals surface area (Å²) in [4.78, 5) is 11.2. The molecule has 0 saturated heterocycles. The van der Waals surface area contributed by atoms with Gasteiger partial charge in [-0.25, -0.2) is 4.79 Å². The number of hydrogen-bond donors (Lipinski definition) is 1. The summed E-state index contributed by atoms with van der Waals surface area (Å²) in [5.41, 5.74) is 0.876. The van der Waals surface area contributed by atoms with Gasteiger partial charge in [-0.2, -0.15) is 5.10 Å². The first kappa shape index (κ1) is 12.4. The number of carbonyl (C=O) groups is 1. The molecule has 0 bridgehead atoms. The van der Waals surface area contributed by atoms with Crippen LogP contribution in [0, 0.1) is 0 Å². The van der Waals surface area contributed by atoms with Gasteiger partial charge >= 0.3 is 5.97 Å². The molecule has 0 unspecified atom stereocenters. The second kappa shape index (κ2) is 4.69. The highest BCUT2D eigenvalue weighted by molar-refractivity contribution is 6.31. The molecule has 1 N–H and O–H groups in total. The lowest BCUT2D eigenvalue weighted by Gasteiger charge is -2.10. The van der Waals surface area contributed by atoms with Crippen molar-refractivity contribution in [3.63, 3.8) is 0 Å². The number of rotatable bonds is 3. The standard InChI is InChI=1S/C12H17ClN2O2/c1-7(2)15-11(13)9(8-5-3-4-6-8)10(14-15)12(16)17/h7-8H,3-6H2,1-2H3,(H,16,17). The van der Waals surface area contributed by atoms with Gasteiger partial charge < -0.3 is 5.11 Å². The second-order valence-electron chi connectivity index (χ2n) is 4.88. The second-order valence-corrected chi connectivity index (χ2v) is 5.24. The number of carboxylic acid groups (broad SMARTS) is 1. The van der Waals surface area contributed by atoms with E-state index < -0.39 is 5.97 Å². The number of aromatic nitrogens is 2. The van der Waals surface area contributed by atoms with Crippen molar-refractivity contribution in [2.45, 2.75) is 51.5 Å². The van der Waals surface area contributed by atoms with E-state index in [4.69, 9.17) is 11.6 Å². The molecule has 2 rings (SSSR count). The lowest BCUT2D eigenvalue weighted by Crippen LogP contribution is -2.06. The van der Waals surface area contributed by atoms with Crippen LogP contribution in [0.15, 0.2) is 0 Å². The summed E-state index contributed by atoms with van der Waals surface area (Å²) in [6, 6.07) is 0.0794. The zero-order valence-electron chi connectivity index (χ0n) is 10.1. The van der Waals surface area contributed by atoms with Gasteiger partial charge in [0.2, 0.25) is 0 Å². The summed E-state index contributed by atoms with van der Waals surface area (Å²) in [5, 5.41) is 13.9. The fourth-order valence-corrected chi connectivity index (χ4v) is 2.98. The van der Waals surface area contributed by atoms with Crippen molar-refractivity contribution in [1.82, 2.24) is 9.78 Å². The minimum absolute atomic E-state index is 0.0794. The van der Waals surface area contributed by atoms with Crippen LogP contribution in [0.25, 0.3) is 0 Å². The molecule has 1 aromatic rings. The Bertz CT molecular complexity index is 434. The van der Waals surface area contributed by atoms with Crippen molar-refractivity contribution in [2.24, 2.45) is 0 Å². The minimum Gasteiger partial charge on any atom is -0.476 e. The van der Waals surface area contributed by atoms with E-state index in [1.807, 2.05) is 13.8 Å². The van der Waals surface area contributed by atoms with Gasteiger partial charge in [0.25, 0.3) is 0 Å². The van der Waals surface area contributed by atoms with Gasteiger partial charge in [-0.05, 0) is 32.6 Å². The average molecular weight is 257 g/mol. The Morgan fingerprint density at radius 1 is 1.47 bits per heavy atom. The first-order valence-corrected chi connectivity index (χ1v) is 6.41. The molecule has 0 spiro atoms. The van der Waals surface area contributed by atoms with E-state index in [0.717, 1.165) is 31.2 Å². The minimum atomic E-state index is -0.979. The SMILES string of the molecule is CC(C)n1nc(C(=O)O)c(C2CCCC2)c1Cl. The fourth-order valence-electron chi connectivity index (χ4n) is 2.50. The summed E-state index contributed by atoms with van der Waals surface area (Å²) in [5.74, 6) is -0.714. The molecule has 1 heterocycles. The fraction of sp³-hybridized carbons (Fsp3) is 0.667. The van der Waals surface area contributed by atoms with Crippen LogP contribution < -0.4 is 0 Å².